The number of benzene rings is 1. The minimum Gasteiger partial charge on any atom is -0.376 e. The number of aryl methyl sites for hydroxylation is 3. The average Bonchev–Trinajstić information content (AvgIpc) is 2.32. The first-order valence-electron chi connectivity index (χ1n) is 7.57. The van der Waals surface area contributed by atoms with Crippen molar-refractivity contribution < 1.29 is 4.74 Å². The van der Waals surface area contributed by atoms with E-state index in [4.69, 9.17) is 10.5 Å². The molecular weight excluding hydrogens is 248 g/mol. The van der Waals surface area contributed by atoms with E-state index in [2.05, 4.69) is 51.7 Å². The molecule has 1 saturated heterocycles. The normalized spacial score (nSPS) is 25.7. The molecule has 1 aromatic carbocycles. The second-order valence-electron chi connectivity index (χ2n) is 6.37. The van der Waals surface area contributed by atoms with Gasteiger partial charge >= 0.3 is 0 Å². The summed E-state index contributed by atoms with van der Waals surface area (Å²) in [6.07, 6.45) is 0.304. The van der Waals surface area contributed by atoms with Crippen molar-refractivity contribution in [3.8, 4) is 0 Å². The minimum atomic E-state index is 0.0725. The second-order valence-corrected chi connectivity index (χ2v) is 6.37. The molecule has 0 saturated carbocycles. The van der Waals surface area contributed by atoms with E-state index in [9.17, 15) is 0 Å². The summed E-state index contributed by atoms with van der Waals surface area (Å²) in [5, 5.41) is 0. The first kappa shape index (κ1) is 15.5. The molecule has 0 amide bonds. The number of nitrogens with zero attached hydrogens (tertiary/aromatic N) is 1. The van der Waals surface area contributed by atoms with Crippen LogP contribution in [-0.2, 0) is 4.74 Å². The van der Waals surface area contributed by atoms with Gasteiger partial charge in [-0.2, -0.15) is 0 Å². The Morgan fingerprint density at radius 1 is 1.25 bits per heavy atom. The third-order valence-electron chi connectivity index (χ3n) is 4.28. The Kier molecular flexibility index (Phi) is 4.84. The molecule has 1 fully saturated rings. The van der Waals surface area contributed by atoms with Crippen LogP contribution in [0.2, 0.25) is 0 Å². The molecule has 2 rings (SSSR count). The quantitative estimate of drug-likeness (QED) is 0.922. The maximum atomic E-state index is 6.50. The van der Waals surface area contributed by atoms with Gasteiger partial charge in [0.1, 0.15) is 0 Å². The molecule has 0 radical (unpaired) electrons. The van der Waals surface area contributed by atoms with Crippen LogP contribution in [0.5, 0.6) is 0 Å². The molecule has 2 N–H and O–H groups in total. The van der Waals surface area contributed by atoms with Crippen LogP contribution in [0, 0.1) is 20.8 Å². The van der Waals surface area contributed by atoms with Crippen molar-refractivity contribution in [3.63, 3.8) is 0 Å². The maximum Gasteiger partial charge on any atom is 0.0674 e. The van der Waals surface area contributed by atoms with Crippen molar-refractivity contribution in [1.29, 1.82) is 0 Å². The molecule has 3 atom stereocenters. The fraction of sp³-hybridized carbons (Fsp3) is 0.647. The zero-order valence-electron chi connectivity index (χ0n) is 13.4. The molecule has 0 aliphatic carbocycles. The van der Waals surface area contributed by atoms with Gasteiger partial charge in [0, 0.05) is 25.2 Å². The van der Waals surface area contributed by atoms with E-state index in [1.807, 2.05) is 0 Å². The Bertz CT molecular complexity index is 449. The summed E-state index contributed by atoms with van der Waals surface area (Å²) < 4.78 is 5.69. The lowest BCUT2D eigenvalue weighted by atomic mass is 9.94. The van der Waals surface area contributed by atoms with E-state index in [0.29, 0.717) is 12.1 Å². The summed E-state index contributed by atoms with van der Waals surface area (Å²) in [6.45, 7) is 13.5. The van der Waals surface area contributed by atoms with Gasteiger partial charge in [0.25, 0.3) is 0 Å². The van der Waals surface area contributed by atoms with Crippen LogP contribution < -0.4 is 5.73 Å². The standard InChI is InChI=1S/C17H28N2O/c1-11-6-12(2)17(13(3)7-11)16(18)9-19-8-15(5)20-10-14(19)4/h6-7,14-16H,8-10,18H2,1-5H3. The van der Waals surface area contributed by atoms with Gasteiger partial charge in [0.2, 0.25) is 0 Å². The number of rotatable bonds is 3. The van der Waals surface area contributed by atoms with Crippen molar-refractivity contribution in [2.45, 2.75) is 52.8 Å². The number of hydrogen-bond acceptors (Lipinski definition) is 3. The number of nitrogens with two attached hydrogens (primary N) is 1. The fourth-order valence-corrected chi connectivity index (χ4v) is 3.35. The summed E-state index contributed by atoms with van der Waals surface area (Å²) in [6, 6.07) is 4.98. The molecule has 112 valence electrons. The van der Waals surface area contributed by atoms with Crippen LogP contribution in [-0.4, -0.2) is 36.7 Å². The van der Waals surface area contributed by atoms with Crippen molar-refractivity contribution in [1.82, 2.24) is 4.90 Å². The van der Waals surface area contributed by atoms with Gasteiger partial charge in [-0.3, -0.25) is 4.90 Å². The predicted molar refractivity (Wildman–Crippen MR) is 84.0 cm³/mol. The van der Waals surface area contributed by atoms with Gasteiger partial charge in [-0.1, -0.05) is 17.7 Å². The molecular formula is C17H28N2O. The van der Waals surface area contributed by atoms with Crippen molar-refractivity contribution in [3.05, 3.63) is 34.4 Å². The highest BCUT2D eigenvalue weighted by molar-refractivity contribution is 5.39. The average molecular weight is 276 g/mol. The summed E-state index contributed by atoms with van der Waals surface area (Å²) in [5.41, 5.74) is 11.7. The first-order chi connectivity index (χ1) is 9.38. The molecule has 3 nitrogen and oxygen atoms in total. The van der Waals surface area contributed by atoms with Crippen LogP contribution in [0.25, 0.3) is 0 Å². The van der Waals surface area contributed by atoms with Crippen LogP contribution in [0.15, 0.2) is 12.1 Å². The first-order valence-corrected chi connectivity index (χ1v) is 7.57. The van der Waals surface area contributed by atoms with Gasteiger partial charge in [-0.15, -0.1) is 0 Å². The van der Waals surface area contributed by atoms with Crippen molar-refractivity contribution in [2.24, 2.45) is 5.73 Å². The van der Waals surface area contributed by atoms with Gasteiger partial charge in [0.05, 0.1) is 12.7 Å². The highest BCUT2D eigenvalue weighted by Gasteiger charge is 2.26. The van der Waals surface area contributed by atoms with Crippen LogP contribution in [0.3, 0.4) is 0 Å². The number of hydrogen-bond donors (Lipinski definition) is 1. The van der Waals surface area contributed by atoms with Gasteiger partial charge in [-0.05, 0) is 51.3 Å². The Labute approximate surface area is 123 Å². The Morgan fingerprint density at radius 2 is 1.85 bits per heavy atom. The Morgan fingerprint density at radius 3 is 2.45 bits per heavy atom. The van der Waals surface area contributed by atoms with E-state index < -0.39 is 0 Å². The molecule has 1 heterocycles. The third kappa shape index (κ3) is 3.40. The molecule has 1 aliphatic heterocycles. The molecule has 1 aromatic rings. The Hall–Kier alpha value is -0.900. The van der Waals surface area contributed by atoms with Crippen LogP contribution in [0.4, 0.5) is 0 Å². The lowest BCUT2D eigenvalue weighted by molar-refractivity contribution is -0.0510. The summed E-state index contributed by atoms with van der Waals surface area (Å²) in [5.74, 6) is 0. The summed E-state index contributed by atoms with van der Waals surface area (Å²) >= 11 is 0. The predicted octanol–water partition coefficient (Wildman–Crippen LogP) is 2.72. The highest BCUT2D eigenvalue weighted by atomic mass is 16.5. The molecule has 3 unspecified atom stereocenters. The van der Waals surface area contributed by atoms with Crippen LogP contribution >= 0.6 is 0 Å². The van der Waals surface area contributed by atoms with Crippen LogP contribution in [0.1, 0.15) is 42.1 Å². The SMILES string of the molecule is Cc1cc(C)c(C(N)CN2CC(C)OCC2C)c(C)c1. The van der Waals surface area contributed by atoms with Crippen molar-refractivity contribution >= 4 is 0 Å². The van der Waals surface area contributed by atoms with Gasteiger partial charge < -0.3 is 10.5 Å². The smallest absolute Gasteiger partial charge is 0.0674 e. The minimum absolute atomic E-state index is 0.0725. The van der Waals surface area contributed by atoms with E-state index in [-0.39, 0.29) is 6.04 Å². The molecule has 1 aliphatic rings. The zero-order chi connectivity index (χ0) is 14.9. The van der Waals surface area contributed by atoms with E-state index in [1.54, 1.807) is 0 Å². The molecule has 20 heavy (non-hydrogen) atoms. The van der Waals surface area contributed by atoms with Gasteiger partial charge in [-0.25, -0.2) is 0 Å². The lowest BCUT2D eigenvalue weighted by Crippen LogP contribution is -2.49. The Balaban J connectivity index is 2.13. The number of morpholine rings is 1. The second kappa shape index (κ2) is 6.25. The monoisotopic (exact) mass is 276 g/mol. The largest absolute Gasteiger partial charge is 0.376 e. The van der Waals surface area contributed by atoms with E-state index >= 15 is 0 Å². The highest BCUT2D eigenvalue weighted by Crippen LogP contribution is 2.24. The molecule has 3 heteroatoms. The summed E-state index contributed by atoms with van der Waals surface area (Å²) in [7, 11) is 0. The number of ether oxygens (including phenoxy) is 1. The third-order valence-corrected chi connectivity index (χ3v) is 4.28. The van der Waals surface area contributed by atoms with E-state index in [0.717, 1.165) is 19.7 Å². The summed E-state index contributed by atoms with van der Waals surface area (Å²) in [4.78, 5) is 2.46. The molecule has 0 aromatic heterocycles. The van der Waals surface area contributed by atoms with Gasteiger partial charge in [0.15, 0.2) is 0 Å². The molecule has 0 spiro atoms. The fourth-order valence-electron chi connectivity index (χ4n) is 3.35. The molecule has 0 bridgehead atoms. The van der Waals surface area contributed by atoms with E-state index in [1.165, 1.54) is 22.3 Å². The zero-order valence-corrected chi connectivity index (χ0v) is 13.4. The lowest BCUT2D eigenvalue weighted by Gasteiger charge is -2.38. The van der Waals surface area contributed by atoms with Crippen molar-refractivity contribution in [2.75, 3.05) is 19.7 Å². The maximum absolute atomic E-state index is 6.50. The topological polar surface area (TPSA) is 38.5 Å².